The second-order valence-corrected chi connectivity index (χ2v) is 10.2. The highest BCUT2D eigenvalue weighted by Crippen LogP contribution is 2.38. The minimum absolute atomic E-state index is 0.209. The number of rotatable bonds is 10. The number of nitrogens with zero attached hydrogens (tertiary/aromatic N) is 6. The van der Waals surface area contributed by atoms with Gasteiger partial charge in [-0.3, -0.25) is 4.79 Å². The highest BCUT2D eigenvalue weighted by atomic mass is 16.1. The Hall–Kier alpha value is -4.91. The molecule has 4 aromatic carbocycles. The predicted molar refractivity (Wildman–Crippen MR) is 156 cm³/mol. The van der Waals surface area contributed by atoms with E-state index < -0.39 is 11.1 Å². The third kappa shape index (κ3) is 4.94. The van der Waals surface area contributed by atoms with E-state index in [1.54, 1.807) is 0 Å². The van der Waals surface area contributed by atoms with Crippen LogP contribution in [0.1, 0.15) is 22.3 Å². The summed E-state index contributed by atoms with van der Waals surface area (Å²) in [7, 11) is 0. The third-order valence-corrected chi connectivity index (χ3v) is 7.50. The first-order valence-corrected chi connectivity index (χ1v) is 13.4. The minimum Gasteiger partial charge on any atom is -0.293 e. The number of ketones is 1. The Morgan fingerprint density at radius 1 is 0.475 bits per heavy atom. The van der Waals surface area contributed by atoms with E-state index in [-0.39, 0.29) is 5.78 Å². The lowest BCUT2D eigenvalue weighted by Crippen LogP contribution is -2.60. The van der Waals surface area contributed by atoms with Gasteiger partial charge in [-0.1, -0.05) is 121 Å². The van der Waals surface area contributed by atoms with E-state index in [4.69, 9.17) is 0 Å². The van der Waals surface area contributed by atoms with Crippen molar-refractivity contribution in [2.24, 2.45) is 30.9 Å². The second kappa shape index (κ2) is 11.1. The van der Waals surface area contributed by atoms with Crippen LogP contribution >= 0.6 is 0 Å². The summed E-state index contributed by atoms with van der Waals surface area (Å²) in [5.74, 6) is -0.209. The Morgan fingerprint density at radius 3 is 1.15 bits per heavy atom. The van der Waals surface area contributed by atoms with Crippen LogP contribution in [0.5, 0.6) is 0 Å². The molecule has 0 spiro atoms. The van der Waals surface area contributed by atoms with Gasteiger partial charge < -0.3 is 0 Å². The van der Waals surface area contributed by atoms with Crippen LogP contribution in [0.2, 0.25) is 0 Å². The molecule has 2 unspecified atom stereocenters. The van der Waals surface area contributed by atoms with Gasteiger partial charge in [0.1, 0.15) is 0 Å². The molecule has 2 aliphatic heterocycles. The van der Waals surface area contributed by atoms with Gasteiger partial charge in [-0.15, -0.1) is 20.4 Å². The molecule has 0 saturated heterocycles. The van der Waals surface area contributed by atoms with Gasteiger partial charge in [-0.2, -0.15) is 0 Å². The molecule has 2 heterocycles. The predicted octanol–water partition coefficient (Wildman–Crippen LogP) is 6.65. The number of Topliss-reactive ketones (excluding diaryl/α,β-unsaturated/α-hetero) is 1. The summed E-state index contributed by atoms with van der Waals surface area (Å²) in [6.07, 6.45) is 1.51. The van der Waals surface area contributed by atoms with Crippen LogP contribution in [0.3, 0.4) is 0 Å². The number of benzene rings is 4. The average molecular weight is 525 g/mol. The van der Waals surface area contributed by atoms with Gasteiger partial charge in [0.05, 0.1) is 11.4 Å². The molecule has 4 aromatic rings. The Kier molecular flexibility index (Phi) is 7.02. The zero-order valence-electron chi connectivity index (χ0n) is 22.0. The van der Waals surface area contributed by atoms with E-state index in [1.807, 2.05) is 121 Å². The van der Waals surface area contributed by atoms with Crippen molar-refractivity contribution in [2.75, 3.05) is 0 Å². The molecular formula is C33H28N6O. The zero-order chi connectivity index (χ0) is 27.3. The van der Waals surface area contributed by atoms with Crippen molar-refractivity contribution >= 4 is 17.2 Å². The van der Waals surface area contributed by atoms with Crippen LogP contribution in [0.4, 0.5) is 0 Å². The van der Waals surface area contributed by atoms with Crippen molar-refractivity contribution in [1.82, 2.24) is 0 Å². The van der Waals surface area contributed by atoms with E-state index in [9.17, 15) is 0 Å². The monoisotopic (exact) mass is 524 g/mol. The molecule has 0 fully saturated rings. The van der Waals surface area contributed by atoms with E-state index in [1.165, 1.54) is 0 Å². The van der Waals surface area contributed by atoms with Crippen molar-refractivity contribution in [3.8, 4) is 0 Å². The molecule has 0 aliphatic carbocycles. The molecule has 0 amide bonds. The van der Waals surface area contributed by atoms with Crippen LogP contribution in [0.25, 0.3) is 0 Å². The van der Waals surface area contributed by atoms with Gasteiger partial charge in [-0.05, 0) is 32.7 Å². The maximum atomic E-state index is 15.2. The summed E-state index contributed by atoms with van der Waals surface area (Å²) in [5, 5.41) is 26.4. The second-order valence-electron chi connectivity index (χ2n) is 10.2. The fourth-order valence-corrected chi connectivity index (χ4v) is 5.44. The molecule has 0 aromatic heterocycles. The topological polar surface area (TPSA) is 91.2 Å². The molecule has 0 saturated carbocycles. The number of carbonyl (C=O) groups is 1. The number of carbonyl (C=O) groups excluding carboxylic acids is 1. The normalized spacial score (nSPS) is 21.3. The molecular weight excluding hydrogens is 496 g/mol. The summed E-state index contributed by atoms with van der Waals surface area (Å²) in [4.78, 5) is 15.2. The lowest BCUT2D eigenvalue weighted by atomic mass is 9.69. The molecule has 7 nitrogen and oxygen atoms in total. The van der Waals surface area contributed by atoms with Crippen molar-refractivity contribution < 1.29 is 4.79 Å². The third-order valence-electron chi connectivity index (χ3n) is 7.50. The summed E-state index contributed by atoms with van der Waals surface area (Å²) >= 11 is 0. The first-order valence-electron chi connectivity index (χ1n) is 13.4. The van der Waals surface area contributed by atoms with Crippen LogP contribution < -0.4 is 0 Å². The quantitative estimate of drug-likeness (QED) is 0.228. The lowest BCUT2D eigenvalue weighted by Gasteiger charge is -2.34. The van der Waals surface area contributed by atoms with Crippen LogP contribution in [-0.2, 0) is 30.5 Å². The first-order chi connectivity index (χ1) is 19.7. The largest absolute Gasteiger partial charge is 0.293 e. The van der Waals surface area contributed by atoms with E-state index in [2.05, 4.69) is 30.9 Å². The Labute approximate surface area is 233 Å². The molecule has 40 heavy (non-hydrogen) atoms. The maximum Gasteiger partial charge on any atom is 0.204 e. The highest BCUT2D eigenvalue weighted by Gasteiger charge is 2.59. The van der Waals surface area contributed by atoms with Gasteiger partial charge >= 0.3 is 0 Å². The van der Waals surface area contributed by atoms with Gasteiger partial charge in [0.15, 0.2) is 11.1 Å². The molecule has 2 aliphatic rings. The molecule has 0 radical (unpaired) electrons. The summed E-state index contributed by atoms with van der Waals surface area (Å²) in [6, 6.07) is 39.7. The van der Waals surface area contributed by atoms with E-state index in [0.29, 0.717) is 37.1 Å². The molecule has 7 heteroatoms. The Morgan fingerprint density at radius 2 is 0.800 bits per heavy atom. The summed E-state index contributed by atoms with van der Waals surface area (Å²) in [6.45, 7) is 0. The lowest BCUT2D eigenvalue weighted by molar-refractivity contribution is -0.125. The minimum atomic E-state index is -1.35. The fraction of sp³-hybridized carbons (Fsp3) is 0.182. The maximum absolute atomic E-state index is 15.2. The summed E-state index contributed by atoms with van der Waals surface area (Å²) < 4.78 is 0. The fourth-order valence-electron chi connectivity index (χ4n) is 5.44. The number of hydrogen-bond acceptors (Lipinski definition) is 7. The van der Waals surface area contributed by atoms with Crippen molar-refractivity contribution in [1.29, 1.82) is 0 Å². The van der Waals surface area contributed by atoms with Crippen molar-refractivity contribution in [2.45, 2.75) is 36.8 Å². The van der Waals surface area contributed by atoms with Gasteiger partial charge in [0.25, 0.3) is 0 Å². The van der Waals surface area contributed by atoms with E-state index in [0.717, 1.165) is 22.3 Å². The SMILES string of the molecule is O=C(C1(Cc2ccccc2)N=NN=C1Cc1ccccc1)C1(Cc2ccccc2)N=NN=C1Cc1ccccc1. The first kappa shape index (κ1) is 25.4. The van der Waals surface area contributed by atoms with Crippen molar-refractivity contribution in [3.63, 3.8) is 0 Å². The van der Waals surface area contributed by atoms with Gasteiger partial charge in [0.2, 0.25) is 5.78 Å². The average Bonchev–Trinajstić information content (AvgIpc) is 3.59. The molecule has 6 rings (SSSR count). The van der Waals surface area contributed by atoms with Gasteiger partial charge in [0, 0.05) is 25.7 Å². The highest BCUT2D eigenvalue weighted by molar-refractivity contribution is 6.27. The van der Waals surface area contributed by atoms with Gasteiger partial charge in [-0.25, -0.2) is 0 Å². The Bertz CT molecular complexity index is 1480. The molecule has 0 bridgehead atoms. The van der Waals surface area contributed by atoms with Crippen LogP contribution in [0, 0.1) is 0 Å². The summed E-state index contributed by atoms with van der Waals surface area (Å²) in [5.41, 5.74) is 2.47. The van der Waals surface area contributed by atoms with Crippen LogP contribution in [0.15, 0.2) is 152 Å². The molecule has 0 N–H and O–H groups in total. The molecule has 2 atom stereocenters. The standard InChI is InChI=1S/C33H28N6O/c40-31(32(23-27-17-9-3-10-18-27)29(34-38-36-32)21-25-13-5-1-6-14-25)33(24-28-19-11-4-12-20-28)30(35-39-37-33)22-26-15-7-2-8-16-26/h1-20H,21-24H2. The number of hydrogen-bond donors (Lipinski definition) is 0. The Balaban J connectivity index is 1.47. The van der Waals surface area contributed by atoms with E-state index >= 15 is 4.79 Å². The molecule has 196 valence electrons. The van der Waals surface area contributed by atoms with Crippen molar-refractivity contribution in [3.05, 3.63) is 144 Å². The smallest absolute Gasteiger partial charge is 0.204 e. The van der Waals surface area contributed by atoms with Crippen LogP contribution in [-0.4, -0.2) is 28.3 Å². The zero-order valence-corrected chi connectivity index (χ0v) is 22.0.